The van der Waals surface area contributed by atoms with Crippen molar-refractivity contribution in [1.82, 2.24) is 0 Å². The molecule has 0 aromatic heterocycles. The summed E-state index contributed by atoms with van der Waals surface area (Å²) in [6, 6.07) is 3.05. The van der Waals surface area contributed by atoms with E-state index >= 15 is 0 Å². The Hall–Kier alpha value is -1.40. The zero-order chi connectivity index (χ0) is 12.5. The fourth-order valence-corrected chi connectivity index (χ4v) is 2.27. The second-order valence-corrected chi connectivity index (χ2v) is 5.19. The van der Waals surface area contributed by atoms with E-state index in [1.165, 1.54) is 13.0 Å². The topological polar surface area (TPSA) is 89.3 Å². The van der Waals surface area contributed by atoms with Crippen LogP contribution in [0, 0.1) is 13.8 Å². The summed E-state index contributed by atoms with van der Waals surface area (Å²) in [7, 11) is -3.71. The van der Waals surface area contributed by atoms with Crippen LogP contribution in [-0.4, -0.2) is 14.3 Å². The first-order valence-electron chi connectivity index (χ1n) is 4.63. The second kappa shape index (κ2) is 4.23. The summed E-state index contributed by atoms with van der Waals surface area (Å²) in [5.41, 5.74) is 1.76. The molecule has 0 unspecified atom stereocenters. The van der Waals surface area contributed by atoms with E-state index in [4.69, 9.17) is 5.14 Å². The lowest BCUT2D eigenvalue weighted by Crippen LogP contribution is -2.15. The van der Waals surface area contributed by atoms with Gasteiger partial charge in [-0.15, -0.1) is 0 Å². The molecule has 0 spiro atoms. The van der Waals surface area contributed by atoms with E-state index in [-0.39, 0.29) is 10.8 Å². The van der Waals surface area contributed by atoms with Crippen LogP contribution in [0.2, 0.25) is 0 Å². The molecule has 16 heavy (non-hydrogen) atoms. The second-order valence-electron chi connectivity index (χ2n) is 3.66. The molecule has 5 nitrogen and oxygen atoms in total. The molecule has 1 rings (SSSR count). The van der Waals surface area contributed by atoms with E-state index < -0.39 is 10.0 Å². The molecule has 0 heterocycles. The van der Waals surface area contributed by atoms with E-state index in [1.807, 2.05) is 0 Å². The summed E-state index contributed by atoms with van der Waals surface area (Å²) < 4.78 is 22.5. The Morgan fingerprint density at radius 2 is 1.81 bits per heavy atom. The van der Waals surface area contributed by atoms with Crippen LogP contribution in [-0.2, 0) is 14.8 Å². The van der Waals surface area contributed by atoms with Gasteiger partial charge in [-0.25, -0.2) is 13.6 Å². The Kier molecular flexibility index (Phi) is 3.35. The van der Waals surface area contributed by atoms with Gasteiger partial charge in [0.05, 0.1) is 4.90 Å². The van der Waals surface area contributed by atoms with Gasteiger partial charge in [0.25, 0.3) is 0 Å². The van der Waals surface area contributed by atoms with E-state index in [0.717, 1.165) is 0 Å². The minimum Gasteiger partial charge on any atom is -0.326 e. The SMILES string of the molecule is CC(=O)Nc1cc(C)c(S(N)(=O)=O)cc1C. The molecule has 0 aliphatic rings. The van der Waals surface area contributed by atoms with Crippen LogP contribution >= 0.6 is 0 Å². The van der Waals surface area contributed by atoms with Crippen LogP contribution in [0.25, 0.3) is 0 Å². The highest BCUT2D eigenvalue weighted by Gasteiger charge is 2.14. The van der Waals surface area contributed by atoms with Gasteiger partial charge in [-0.2, -0.15) is 0 Å². The highest BCUT2D eigenvalue weighted by Crippen LogP contribution is 2.23. The third kappa shape index (κ3) is 2.80. The van der Waals surface area contributed by atoms with Gasteiger partial charge in [0.2, 0.25) is 15.9 Å². The van der Waals surface area contributed by atoms with Crippen LogP contribution < -0.4 is 10.5 Å². The molecule has 0 fully saturated rings. The molecular weight excluding hydrogens is 228 g/mol. The zero-order valence-corrected chi connectivity index (χ0v) is 10.2. The van der Waals surface area contributed by atoms with Crippen LogP contribution in [0.5, 0.6) is 0 Å². The molecule has 0 saturated carbocycles. The van der Waals surface area contributed by atoms with Gasteiger partial charge in [0.15, 0.2) is 0 Å². The number of hydrogen-bond donors (Lipinski definition) is 2. The fourth-order valence-electron chi connectivity index (χ4n) is 1.42. The van der Waals surface area contributed by atoms with Gasteiger partial charge < -0.3 is 5.32 Å². The van der Waals surface area contributed by atoms with Crippen LogP contribution in [0.3, 0.4) is 0 Å². The number of aryl methyl sites for hydroxylation is 2. The maximum Gasteiger partial charge on any atom is 0.238 e. The number of rotatable bonds is 2. The Bertz CT molecular complexity index is 535. The first kappa shape index (κ1) is 12.7. The molecule has 0 atom stereocenters. The molecule has 1 amide bonds. The Morgan fingerprint density at radius 3 is 2.25 bits per heavy atom. The van der Waals surface area contributed by atoms with Crippen molar-refractivity contribution >= 4 is 21.6 Å². The number of carbonyl (C=O) groups is 1. The van der Waals surface area contributed by atoms with Crippen LogP contribution in [0.15, 0.2) is 17.0 Å². The number of hydrogen-bond acceptors (Lipinski definition) is 3. The van der Waals surface area contributed by atoms with Crippen molar-refractivity contribution in [1.29, 1.82) is 0 Å². The first-order valence-corrected chi connectivity index (χ1v) is 6.18. The Balaban J connectivity index is 3.33. The molecule has 3 N–H and O–H groups in total. The third-order valence-electron chi connectivity index (χ3n) is 2.14. The van der Waals surface area contributed by atoms with Gasteiger partial charge in [-0.1, -0.05) is 0 Å². The summed E-state index contributed by atoms with van der Waals surface area (Å²) in [4.78, 5) is 11.0. The predicted octanol–water partition coefficient (Wildman–Crippen LogP) is 0.909. The number of amides is 1. The zero-order valence-electron chi connectivity index (χ0n) is 9.37. The number of carbonyl (C=O) groups excluding carboxylic acids is 1. The number of sulfonamides is 1. The van der Waals surface area contributed by atoms with Gasteiger partial charge in [0.1, 0.15) is 0 Å². The monoisotopic (exact) mass is 242 g/mol. The Morgan fingerprint density at radius 1 is 1.25 bits per heavy atom. The van der Waals surface area contributed by atoms with Crippen molar-refractivity contribution in [2.75, 3.05) is 5.32 Å². The summed E-state index contributed by atoms with van der Waals surface area (Å²) in [6.45, 7) is 4.73. The summed E-state index contributed by atoms with van der Waals surface area (Å²) in [5, 5.41) is 7.68. The smallest absolute Gasteiger partial charge is 0.238 e. The highest BCUT2D eigenvalue weighted by atomic mass is 32.2. The van der Waals surface area contributed by atoms with Crippen molar-refractivity contribution < 1.29 is 13.2 Å². The Labute approximate surface area is 94.7 Å². The van der Waals surface area contributed by atoms with Gasteiger partial charge in [0, 0.05) is 12.6 Å². The van der Waals surface area contributed by atoms with Crippen molar-refractivity contribution in [3.8, 4) is 0 Å². The van der Waals surface area contributed by atoms with Gasteiger partial charge >= 0.3 is 0 Å². The van der Waals surface area contributed by atoms with Gasteiger partial charge in [-0.3, -0.25) is 4.79 Å². The lowest BCUT2D eigenvalue weighted by atomic mass is 10.1. The summed E-state index contributed by atoms with van der Waals surface area (Å²) in [6.07, 6.45) is 0. The van der Waals surface area contributed by atoms with E-state index in [1.54, 1.807) is 19.9 Å². The summed E-state index contributed by atoms with van der Waals surface area (Å²) in [5.74, 6) is -0.203. The molecule has 0 aliphatic heterocycles. The lowest BCUT2D eigenvalue weighted by Gasteiger charge is -2.10. The molecule has 1 aromatic rings. The molecule has 88 valence electrons. The quantitative estimate of drug-likeness (QED) is 0.807. The number of nitrogens with one attached hydrogen (secondary N) is 1. The minimum absolute atomic E-state index is 0.0825. The van der Waals surface area contributed by atoms with E-state index in [2.05, 4.69) is 5.32 Å². The minimum atomic E-state index is -3.71. The first-order chi connectivity index (χ1) is 7.21. The summed E-state index contributed by atoms with van der Waals surface area (Å²) >= 11 is 0. The van der Waals surface area contributed by atoms with E-state index in [9.17, 15) is 13.2 Å². The molecule has 6 heteroatoms. The number of anilines is 1. The lowest BCUT2D eigenvalue weighted by molar-refractivity contribution is -0.114. The predicted molar refractivity (Wildman–Crippen MR) is 61.6 cm³/mol. The largest absolute Gasteiger partial charge is 0.326 e. The maximum absolute atomic E-state index is 11.2. The standard InChI is InChI=1S/C10H14N2O3S/c1-6-5-10(16(11,14)15)7(2)4-9(6)12-8(3)13/h4-5H,1-3H3,(H,12,13)(H2,11,14,15). The average Bonchev–Trinajstić information content (AvgIpc) is 2.07. The normalized spacial score (nSPS) is 11.2. The number of benzene rings is 1. The van der Waals surface area contributed by atoms with Crippen molar-refractivity contribution in [2.24, 2.45) is 5.14 Å². The average molecular weight is 242 g/mol. The van der Waals surface area contributed by atoms with E-state index in [0.29, 0.717) is 16.8 Å². The molecule has 1 aromatic carbocycles. The van der Waals surface area contributed by atoms with Crippen LogP contribution in [0.1, 0.15) is 18.1 Å². The molecule has 0 aliphatic carbocycles. The number of primary sulfonamides is 1. The highest BCUT2D eigenvalue weighted by molar-refractivity contribution is 7.89. The third-order valence-corrected chi connectivity index (χ3v) is 3.19. The van der Waals surface area contributed by atoms with Crippen molar-refractivity contribution in [3.05, 3.63) is 23.3 Å². The van der Waals surface area contributed by atoms with Crippen LogP contribution in [0.4, 0.5) is 5.69 Å². The van der Waals surface area contributed by atoms with Crippen molar-refractivity contribution in [2.45, 2.75) is 25.7 Å². The maximum atomic E-state index is 11.2. The van der Waals surface area contributed by atoms with Crippen molar-refractivity contribution in [3.63, 3.8) is 0 Å². The molecule has 0 radical (unpaired) electrons. The number of nitrogens with two attached hydrogens (primary N) is 1. The van der Waals surface area contributed by atoms with Gasteiger partial charge in [-0.05, 0) is 37.1 Å². The molecular formula is C10H14N2O3S. The fraction of sp³-hybridized carbons (Fsp3) is 0.300. The molecule has 0 saturated heterocycles. The molecule has 0 bridgehead atoms.